The zero-order chi connectivity index (χ0) is 15.8. The Bertz CT molecular complexity index is 248. The van der Waals surface area contributed by atoms with E-state index in [-0.39, 0.29) is 25.2 Å². The molecule has 0 saturated carbocycles. The maximum Gasteiger partial charge on any atom is 0.305 e. The maximum atomic E-state index is 11.2. The van der Waals surface area contributed by atoms with Crippen LogP contribution in [0.25, 0.3) is 0 Å². The van der Waals surface area contributed by atoms with Crippen molar-refractivity contribution in [3.63, 3.8) is 0 Å². The van der Waals surface area contributed by atoms with Gasteiger partial charge in [-0.1, -0.05) is 0 Å². The van der Waals surface area contributed by atoms with Gasteiger partial charge in [0, 0.05) is 12.8 Å². The predicted molar refractivity (Wildman–Crippen MR) is 88.1 cm³/mol. The van der Waals surface area contributed by atoms with Crippen molar-refractivity contribution in [1.82, 2.24) is 0 Å². The third-order valence-electron chi connectivity index (χ3n) is 2.56. The van der Waals surface area contributed by atoms with E-state index in [0.29, 0.717) is 26.1 Å². The molecule has 0 aromatic carbocycles. The highest BCUT2D eigenvalue weighted by atomic mass is 32.1. The summed E-state index contributed by atoms with van der Waals surface area (Å²) in [6, 6.07) is 0. The molecule has 5 nitrogen and oxygen atoms in total. The molecule has 0 atom stereocenters. The Kier molecular flexibility index (Phi) is 15.7. The summed E-state index contributed by atoms with van der Waals surface area (Å²) >= 11 is 8.14. The Hall–Kier alpha value is -0.400. The minimum absolute atomic E-state index is 0.212. The van der Waals surface area contributed by atoms with Gasteiger partial charge in [0.05, 0.1) is 13.2 Å². The normalized spacial score (nSPS) is 10.4. The minimum atomic E-state index is -0.212. The molecule has 0 fully saturated rings. The maximum absolute atomic E-state index is 11.2. The van der Waals surface area contributed by atoms with Gasteiger partial charge in [0.25, 0.3) is 0 Å². The molecule has 0 heterocycles. The van der Waals surface area contributed by atoms with Gasteiger partial charge < -0.3 is 14.2 Å². The average molecular weight is 338 g/mol. The van der Waals surface area contributed by atoms with Crippen LogP contribution in [-0.4, -0.2) is 49.9 Å². The average Bonchev–Trinajstić information content (AvgIpc) is 2.47. The molecule has 0 aliphatic carbocycles. The number of unbranched alkanes of at least 4 members (excludes halogenated alkanes) is 2. The highest BCUT2D eigenvalue weighted by Crippen LogP contribution is 2.00. The van der Waals surface area contributed by atoms with Crippen LogP contribution in [0.3, 0.4) is 0 Å². The molecule has 124 valence electrons. The lowest BCUT2D eigenvalue weighted by Gasteiger charge is -2.07. The summed E-state index contributed by atoms with van der Waals surface area (Å²) in [5, 5.41) is 0. The van der Waals surface area contributed by atoms with Crippen LogP contribution in [0.4, 0.5) is 0 Å². The van der Waals surface area contributed by atoms with Crippen LogP contribution in [0, 0.1) is 0 Å². The van der Waals surface area contributed by atoms with Gasteiger partial charge in [0.1, 0.15) is 13.2 Å². The van der Waals surface area contributed by atoms with Gasteiger partial charge in [0.2, 0.25) is 0 Å². The van der Waals surface area contributed by atoms with Gasteiger partial charge in [-0.25, -0.2) is 0 Å². The smallest absolute Gasteiger partial charge is 0.305 e. The third-order valence-corrected chi connectivity index (χ3v) is 3.19. The van der Waals surface area contributed by atoms with Crippen LogP contribution in [0.15, 0.2) is 0 Å². The number of carbonyl (C=O) groups excluding carboxylic acids is 2. The molecule has 0 rings (SSSR count). The lowest BCUT2D eigenvalue weighted by atomic mass is 10.2. The van der Waals surface area contributed by atoms with Gasteiger partial charge in [0.15, 0.2) is 0 Å². The Morgan fingerprint density at radius 1 is 0.667 bits per heavy atom. The number of carbonyl (C=O) groups is 2. The molecule has 21 heavy (non-hydrogen) atoms. The van der Waals surface area contributed by atoms with Crippen LogP contribution in [0.1, 0.15) is 38.5 Å². The summed E-state index contributed by atoms with van der Waals surface area (Å²) in [5.74, 6) is 1.14. The molecule has 0 aliphatic heterocycles. The van der Waals surface area contributed by atoms with E-state index in [2.05, 4.69) is 25.3 Å². The molecule has 0 saturated heterocycles. The number of ether oxygens (including phenoxy) is 3. The number of esters is 2. The van der Waals surface area contributed by atoms with Crippen molar-refractivity contribution in [3.05, 3.63) is 0 Å². The van der Waals surface area contributed by atoms with E-state index in [1.54, 1.807) is 0 Å². The van der Waals surface area contributed by atoms with E-state index in [1.165, 1.54) is 0 Å². The minimum Gasteiger partial charge on any atom is -0.463 e. The molecule has 0 N–H and O–H groups in total. The Morgan fingerprint density at radius 3 is 1.48 bits per heavy atom. The van der Waals surface area contributed by atoms with Crippen molar-refractivity contribution in [3.8, 4) is 0 Å². The summed E-state index contributed by atoms with van der Waals surface area (Å²) in [6.07, 6.45) is 4.26. The lowest BCUT2D eigenvalue weighted by molar-refractivity contribution is -0.146. The molecule has 0 bridgehead atoms. The summed E-state index contributed by atoms with van der Waals surface area (Å²) in [4.78, 5) is 22.5. The van der Waals surface area contributed by atoms with Crippen molar-refractivity contribution in [2.75, 3.05) is 37.9 Å². The SMILES string of the molecule is O=C(CCCCS)OCCOCCOC(=O)CCCCS. The first-order chi connectivity index (χ1) is 10.2. The zero-order valence-corrected chi connectivity index (χ0v) is 14.2. The van der Waals surface area contributed by atoms with Crippen LogP contribution in [-0.2, 0) is 23.8 Å². The van der Waals surface area contributed by atoms with Crippen molar-refractivity contribution in [2.45, 2.75) is 38.5 Å². The van der Waals surface area contributed by atoms with E-state index in [9.17, 15) is 9.59 Å². The number of rotatable bonds is 14. The molecule has 0 amide bonds. The Balaban J connectivity index is 3.24. The Labute approximate surface area is 137 Å². The topological polar surface area (TPSA) is 61.8 Å². The first-order valence-corrected chi connectivity index (χ1v) is 8.58. The Morgan fingerprint density at radius 2 is 1.10 bits per heavy atom. The fourth-order valence-corrected chi connectivity index (χ4v) is 1.88. The van der Waals surface area contributed by atoms with Gasteiger partial charge in [-0.3, -0.25) is 9.59 Å². The fraction of sp³-hybridized carbons (Fsp3) is 0.857. The molecule has 0 radical (unpaired) electrons. The fourth-order valence-electron chi connectivity index (χ4n) is 1.44. The van der Waals surface area contributed by atoms with E-state index < -0.39 is 0 Å². The second-order valence-electron chi connectivity index (χ2n) is 4.41. The highest BCUT2D eigenvalue weighted by Gasteiger charge is 2.03. The van der Waals surface area contributed by atoms with Crippen molar-refractivity contribution in [1.29, 1.82) is 0 Å². The summed E-state index contributed by atoms with van der Waals surface area (Å²) in [5.41, 5.74) is 0. The largest absolute Gasteiger partial charge is 0.463 e. The second-order valence-corrected chi connectivity index (χ2v) is 5.31. The van der Waals surface area contributed by atoms with E-state index in [1.807, 2.05) is 0 Å². The second kappa shape index (κ2) is 16.0. The predicted octanol–water partition coefficient (Wildman–Crippen LogP) is 2.29. The molecule has 0 aliphatic rings. The molecular weight excluding hydrogens is 312 g/mol. The van der Waals surface area contributed by atoms with Gasteiger partial charge >= 0.3 is 11.9 Å². The molecule has 0 unspecified atom stereocenters. The number of hydrogen-bond donors (Lipinski definition) is 2. The summed E-state index contributed by atoms with van der Waals surface area (Å²) < 4.78 is 15.2. The molecule has 0 aromatic rings. The first-order valence-electron chi connectivity index (χ1n) is 7.31. The van der Waals surface area contributed by atoms with Crippen molar-refractivity contribution in [2.24, 2.45) is 0 Å². The van der Waals surface area contributed by atoms with Crippen LogP contribution >= 0.6 is 25.3 Å². The van der Waals surface area contributed by atoms with Crippen LogP contribution in [0.2, 0.25) is 0 Å². The highest BCUT2D eigenvalue weighted by molar-refractivity contribution is 7.80. The van der Waals surface area contributed by atoms with Gasteiger partial charge in [-0.05, 0) is 37.2 Å². The molecule has 7 heteroatoms. The standard InChI is InChI=1S/C14H26O5S2/c15-13(5-1-3-11-20)18-9-7-17-8-10-19-14(16)6-2-4-12-21/h20-21H,1-12H2. The van der Waals surface area contributed by atoms with Crippen molar-refractivity contribution < 1.29 is 23.8 Å². The van der Waals surface area contributed by atoms with Gasteiger partial charge in [-0.2, -0.15) is 25.3 Å². The number of thiol groups is 2. The van der Waals surface area contributed by atoms with Crippen LogP contribution in [0.5, 0.6) is 0 Å². The monoisotopic (exact) mass is 338 g/mol. The van der Waals surface area contributed by atoms with Crippen LogP contribution < -0.4 is 0 Å². The first kappa shape index (κ1) is 20.6. The van der Waals surface area contributed by atoms with Crippen molar-refractivity contribution >= 4 is 37.2 Å². The number of hydrogen-bond acceptors (Lipinski definition) is 7. The molecule has 0 spiro atoms. The quantitative estimate of drug-likeness (QED) is 0.289. The summed E-state index contributed by atoms with van der Waals surface area (Å²) in [6.45, 7) is 1.09. The summed E-state index contributed by atoms with van der Waals surface area (Å²) in [7, 11) is 0. The molecular formula is C14H26O5S2. The van der Waals surface area contributed by atoms with E-state index >= 15 is 0 Å². The molecule has 0 aromatic heterocycles. The van der Waals surface area contributed by atoms with E-state index in [0.717, 1.165) is 37.2 Å². The third kappa shape index (κ3) is 15.8. The lowest BCUT2D eigenvalue weighted by Crippen LogP contribution is -2.14. The van der Waals surface area contributed by atoms with Gasteiger partial charge in [-0.15, -0.1) is 0 Å². The van der Waals surface area contributed by atoms with E-state index in [4.69, 9.17) is 14.2 Å². The zero-order valence-electron chi connectivity index (χ0n) is 12.4.